The van der Waals surface area contributed by atoms with Gasteiger partial charge in [0.05, 0.1) is 18.2 Å². The zero-order valence-electron chi connectivity index (χ0n) is 20.2. The number of nitrogens with one attached hydrogen (secondary N) is 1. The number of hydrogen-bond donors (Lipinski definition) is 1. The molecule has 1 aromatic heterocycles. The summed E-state index contributed by atoms with van der Waals surface area (Å²) in [7, 11) is 0. The highest BCUT2D eigenvalue weighted by Crippen LogP contribution is 2.38. The summed E-state index contributed by atoms with van der Waals surface area (Å²) < 4.78 is 5.87. The molecule has 1 atom stereocenters. The Balaban J connectivity index is 1.58. The first-order chi connectivity index (χ1) is 17.0. The lowest BCUT2D eigenvalue weighted by molar-refractivity contribution is 0.396. The lowest BCUT2D eigenvalue weighted by Crippen LogP contribution is -2.45. The predicted molar refractivity (Wildman–Crippen MR) is 143 cm³/mol. The van der Waals surface area contributed by atoms with Crippen LogP contribution in [0, 0.1) is 6.92 Å². The number of benzene rings is 3. The maximum atomic E-state index is 5.87. The summed E-state index contributed by atoms with van der Waals surface area (Å²) in [5, 5.41) is 8.54. The van der Waals surface area contributed by atoms with Gasteiger partial charge in [0.1, 0.15) is 0 Å². The van der Waals surface area contributed by atoms with Gasteiger partial charge in [-0.1, -0.05) is 90.9 Å². The molecule has 0 radical (unpaired) electrons. The van der Waals surface area contributed by atoms with Gasteiger partial charge in [-0.3, -0.25) is 0 Å². The van der Waals surface area contributed by atoms with Crippen LogP contribution in [0.15, 0.2) is 89.1 Å². The molecule has 0 saturated heterocycles. The maximum Gasteiger partial charge on any atom is 0.258 e. The summed E-state index contributed by atoms with van der Waals surface area (Å²) >= 11 is 5.85. The molecule has 0 bridgehead atoms. The molecular formula is C29H28N4OS. The third kappa shape index (κ3) is 4.62. The van der Waals surface area contributed by atoms with Crippen LogP contribution in [0.25, 0.3) is 17.0 Å². The van der Waals surface area contributed by atoms with E-state index in [4.69, 9.17) is 21.7 Å². The molecule has 0 fully saturated rings. The van der Waals surface area contributed by atoms with Crippen molar-refractivity contribution in [2.24, 2.45) is 0 Å². The minimum absolute atomic E-state index is 0.187. The van der Waals surface area contributed by atoms with Gasteiger partial charge in [-0.05, 0) is 54.7 Å². The van der Waals surface area contributed by atoms with Crippen LogP contribution in [0.5, 0.6) is 0 Å². The number of aryl methyl sites for hydroxylation is 2. The van der Waals surface area contributed by atoms with Crippen molar-refractivity contribution >= 4 is 22.9 Å². The minimum atomic E-state index is -0.187. The summed E-state index contributed by atoms with van der Waals surface area (Å²) in [6.45, 7) is 7.01. The van der Waals surface area contributed by atoms with Crippen molar-refractivity contribution in [1.29, 1.82) is 0 Å². The summed E-state index contributed by atoms with van der Waals surface area (Å²) in [5.74, 6) is 1.07. The smallest absolute Gasteiger partial charge is 0.258 e. The van der Waals surface area contributed by atoms with E-state index in [1.807, 2.05) is 30.3 Å². The van der Waals surface area contributed by atoms with E-state index in [1.165, 1.54) is 16.7 Å². The topological polar surface area (TPSA) is 54.2 Å². The van der Waals surface area contributed by atoms with Crippen molar-refractivity contribution in [2.75, 3.05) is 0 Å². The van der Waals surface area contributed by atoms with Crippen molar-refractivity contribution in [2.45, 2.75) is 39.8 Å². The van der Waals surface area contributed by atoms with E-state index in [2.05, 4.69) is 84.7 Å². The number of thiocarbonyl (C=S) groups is 1. The van der Waals surface area contributed by atoms with E-state index < -0.39 is 0 Å². The SMILES string of the molecule is CCc1ccc(-c2noc(C3=C(C)N(Cc4ccccc4C)C(=S)NC3c3ccccc3)n2)cc1. The first kappa shape index (κ1) is 23.0. The van der Waals surface area contributed by atoms with Crippen LogP contribution in [0.4, 0.5) is 0 Å². The molecule has 0 spiro atoms. The Labute approximate surface area is 211 Å². The molecule has 1 aliphatic rings. The average Bonchev–Trinajstić information content (AvgIpc) is 3.37. The highest BCUT2D eigenvalue weighted by atomic mass is 32.1. The molecule has 176 valence electrons. The highest BCUT2D eigenvalue weighted by molar-refractivity contribution is 7.80. The van der Waals surface area contributed by atoms with Crippen LogP contribution in [0.1, 0.15) is 48.0 Å². The Morgan fingerprint density at radius 2 is 1.66 bits per heavy atom. The fourth-order valence-corrected chi connectivity index (χ4v) is 4.76. The monoisotopic (exact) mass is 480 g/mol. The summed E-state index contributed by atoms with van der Waals surface area (Å²) in [6.07, 6.45) is 0.991. The van der Waals surface area contributed by atoms with E-state index in [0.717, 1.165) is 28.8 Å². The first-order valence-electron chi connectivity index (χ1n) is 11.9. The Kier molecular flexibility index (Phi) is 6.47. The van der Waals surface area contributed by atoms with E-state index in [9.17, 15) is 0 Å². The molecule has 1 N–H and O–H groups in total. The predicted octanol–water partition coefficient (Wildman–Crippen LogP) is 6.47. The molecule has 1 aliphatic heterocycles. The molecule has 0 amide bonds. The van der Waals surface area contributed by atoms with Crippen LogP contribution in [0.3, 0.4) is 0 Å². The Morgan fingerprint density at radius 3 is 2.37 bits per heavy atom. The number of rotatable bonds is 6. The minimum Gasteiger partial charge on any atom is -0.351 e. The lowest BCUT2D eigenvalue weighted by atomic mass is 9.94. The molecule has 0 saturated carbocycles. The van der Waals surface area contributed by atoms with Crippen LogP contribution in [0.2, 0.25) is 0 Å². The number of aromatic nitrogens is 2. The number of nitrogens with zero attached hydrogens (tertiary/aromatic N) is 3. The van der Waals surface area contributed by atoms with Crippen LogP contribution in [-0.2, 0) is 13.0 Å². The quantitative estimate of drug-likeness (QED) is 0.319. The van der Waals surface area contributed by atoms with E-state index >= 15 is 0 Å². The van der Waals surface area contributed by atoms with Gasteiger partial charge >= 0.3 is 0 Å². The van der Waals surface area contributed by atoms with Crippen LogP contribution in [-0.4, -0.2) is 20.2 Å². The van der Waals surface area contributed by atoms with Gasteiger partial charge in [0.15, 0.2) is 5.11 Å². The summed E-state index contributed by atoms with van der Waals surface area (Å²) in [6, 6.07) is 26.7. The molecule has 4 aromatic rings. The van der Waals surface area contributed by atoms with Gasteiger partial charge in [0.2, 0.25) is 5.82 Å². The molecule has 35 heavy (non-hydrogen) atoms. The van der Waals surface area contributed by atoms with Crippen molar-refractivity contribution in [3.05, 3.63) is 113 Å². The fourth-order valence-electron chi connectivity index (χ4n) is 4.44. The summed E-state index contributed by atoms with van der Waals surface area (Å²) in [5.41, 5.74) is 7.68. The standard InChI is InChI=1S/C29H28N4OS/c1-4-21-14-16-23(17-15-21)27-31-28(34-32-27)25-20(3)33(18-24-13-9-8-10-19(24)2)29(35)30-26(25)22-11-6-5-7-12-22/h5-17,26H,4,18H2,1-3H3,(H,30,35). The molecule has 2 heterocycles. The second-order valence-corrected chi connectivity index (χ2v) is 9.17. The fraction of sp³-hybridized carbons (Fsp3) is 0.207. The second kappa shape index (κ2) is 9.84. The molecule has 5 nitrogen and oxygen atoms in total. The molecule has 1 unspecified atom stereocenters. The molecule has 5 rings (SSSR count). The van der Waals surface area contributed by atoms with Crippen molar-refractivity contribution in [1.82, 2.24) is 20.4 Å². The van der Waals surface area contributed by atoms with Gasteiger partial charge in [0.25, 0.3) is 5.89 Å². The highest BCUT2D eigenvalue weighted by Gasteiger charge is 2.34. The molecule has 6 heteroatoms. The van der Waals surface area contributed by atoms with Gasteiger partial charge in [-0.25, -0.2) is 0 Å². The van der Waals surface area contributed by atoms with Gasteiger partial charge in [-0.15, -0.1) is 0 Å². The van der Waals surface area contributed by atoms with Crippen molar-refractivity contribution in [3.8, 4) is 11.4 Å². The normalized spacial score (nSPS) is 15.9. The zero-order valence-corrected chi connectivity index (χ0v) is 21.0. The molecular weight excluding hydrogens is 452 g/mol. The lowest BCUT2D eigenvalue weighted by Gasteiger charge is -2.37. The van der Waals surface area contributed by atoms with Crippen LogP contribution >= 0.6 is 12.2 Å². The molecule has 3 aromatic carbocycles. The largest absolute Gasteiger partial charge is 0.351 e. The van der Waals surface area contributed by atoms with E-state index in [0.29, 0.717) is 23.4 Å². The zero-order chi connectivity index (χ0) is 24.4. The van der Waals surface area contributed by atoms with Gasteiger partial charge in [0, 0.05) is 11.3 Å². The van der Waals surface area contributed by atoms with Crippen LogP contribution < -0.4 is 5.32 Å². The maximum absolute atomic E-state index is 5.87. The molecule has 0 aliphatic carbocycles. The van der Waals surface area contributed by atoms with E-state index in [1.54, 1.807) is 0 Å². The number of hydrogen-bond acceptors (Lipinski definition) is 4. The Hall–Kier alpha value is -3.77. The van der Waals surface area contributed by atoms with Gasteiger partial charge in [-0.2, -0.15) is 4.98 Å². The number of allylic oxidation sites excluding steroid dienone is 1. The van der Waals surface area contributed by atoms with Gasteiger partial charge < -0.3 is 14.7 Å². The first-order valence-corrected chi connectivity index (χ1v) is 12.3. The average molecular weight is 481 g/mol. The Bertz CT molecular complexity index is 1380. The van der Waals surface area contributed by atoms with Crippen molar-refractivity contribution < 1.29 is 4.52 Å². The second-order valence-electron chi connectivity index (χ2n) is 8.78. The van der Waals surface area contributed by atoms with E-state index in [-0.39, 0.29) is 6.04 Å². The summed E-state index contributed by atoms with van der Waals surface area (Å²) in [4.78, 5) is 6.94. The Morgan fingerprint density at radius 1 is 0.943 bits per heavy atom. The third-order valence-corrected chi connectivity index (χ3v) is 6.93. The van der Waals surface area contributed by atoms with Crippen molar-refractivity contribution in [3.63, 3.8) is 0 Å². The third-order valence-electron chi connectivity index (χ3n) is 6.60.